The maximum atomic E-state index is 12.7. The van der Waals surface area contributed by atoms with Crippen LogP contribution >= 0.6 is 7.82 Å². The number of esters is 2. The van der Waals surface area contributed by atoms with Crippen LogP contribution in [0.25, 0.3) is 0 Å². The van der Waals surface area contributed by atoms with Gasteiger partial charge in [0.05, 0.1) is 27.7 Å². The Bertz CT molecular complexity index is 1240. The first-order valence-corrected chi connectivity index (χ1v) is 28.4. The Kier molecular flexibility index (Phi) is 45.6. The minimum atomic E-state index is -4.40. The summed E-state index contributed by atoms with van der Waals surface area (Å²) in [5.41, 5.74) is 0. The van der Waals surface area contributed by atoms with Crippen LogP contribution in [0.15, 0.2) is 48.6 Å². The van der Waals surface area contributed by atoms with Crippen LogP contribution in [-0.2, 0) is 32.7 Å². The molecule has 0 radical (unpaired) electrons. The fraction of sp³-hybridized carbons (Fsp3) is 0.818. The van der Waals surface area contributed by atoms with Gasteiger partial charge in [0.15, 0.2) is 6.10 Å². The van der Waals surface area contributed by atoms with Crippen LogP contribution in [0, 0.1) is 0 Å². The molecule has 0 aliphatic rings. The summed E-state index contributed by atoms with van der Waals surface area (Å²) in [7, 11) is 1.45. The molecule has 1 unspecified atom stereocenters. The van der Waals surface area contributed by atoms with Crippen molar-refractivity contribution in [1.29, 1.82) is 0 Å². The van der Waals surface area contributed by atoms with Crippen molar-refractivity contribution in [3.05, 3.63) is 48.6 Å². The van der Waals surface area contributed by atoms with Gasteiger partial charge in [-0.05, 0) is 51.4 Å². The molecule has 0 bridgehead atoms. The summed E-state index contributed by atoms with van der Waals surface area (Å²) in [5.74, 6) is -0.855. The number of nitrogens with zero attached hydrogens (tertiary/aromatic N) is 1. The Labute approximate surface area is 401 Å². The molecule has 1 N–H and O–H groups in total. The van der Waals surface area contributed by atoms with E-state index < -0.39 is 26.5 Å². The summed E-state index contributed by atoms with van der Waals surface area (Å²) in [4.78, 5) is 35.6. The average Bonchev–Trinajstić information content (AvgIpc) is 3.26. The van der Waals surface area contributed by atoms with Crippen LogP contribution < -0.4 is 0 Å². The maximum absolute atomic E-state index is 12.7. The first kappa shape index (κ1) is 63.0. The fourth-order valence-electron chi connectivity index (χ4n) is 7.42. The quantitative estimate of drug-likeness (QED) is 0.0211. The van der Waals surface area contributed by atoms with E-state index in [-0.39, 0.29) is 32.0 Å². The number of allylic oxidation sites excluding steroid dienone is 8. The first-order valence-electron chi connectivity index (χ1n) is 26.9. The van der Waals surface area contributed by atoms with Crippen molar-refractivity contribution in [3.63, 3.8) is 0 Å². The summed E-state index contributed by atoms with van der Waals surface area (Å²) in [5, 5.41) is 0. The molecule has 0 amide bonds. The molecule has 2 atom stereocenters. The summed E-state index contributed by atoms with van der Waals surface area (Å²) in [6.07, 6.45) is 57.5. The number of likely N-dealkylation sites (N-methyl/N-ethyl adjacent to an activating group) is 1. The predicted octanol–water partition coefficient (Wildman–Crippen LogP) is 16.2. The highest BCUT2D eigenvalue weighted by atomic mass is 31.2. The van der Waals surface area contributed by atoms with Crippen molar-refractivity contribution >= 4 is 19.8 Å². The fourth-order valence-corrected chi connectivity index (χ4v) is 8.16. The zero-order valence-corrected chi connectivity index (χ0v) is 43.9. The molecule has 10 heteroatoms. The highest BCUT2D eigenvalue weighted by molar-refractivity contribution is 7.47. The van der Waals surface area contributed by atoms with E-state index in [9.17, 15) is 19.0 Å². The summed E-state index contributed by atoms with van der Waals surface area (Å²) >= 11 is 0. The van der Waals surface area contributed by atoms with Gasteiger partial charge in [0.2, 0.25) is 0 Å². The van der Waals surface area contributed by atoms with Gasteiger partial charge in [-0.2, -0.15) is 0 Å². The van der Waals surface area contributed by atoms with Gasteiger partial charge in [-0.1, -0.05) is 223 Å². The number of carbonyl (C=O) groups is 2. The highest BCUT2D eigenvalue weighted by Crippen LogP contribution is 2.43. The molecular weight excluding hydrogens is 834 g/mol. The molecule has 0 saturated carbocycles. The second-order valence-electron chi connectivity index (χ2n) is 19.3. The molecule has 0 spiro atoms. The largest absolute Gasteiger partial charge is 0.472 e. The Balaban J connectivity index is 4.31. The third-order valence-corrected chi connectivity index (χ3v) is 12.6. The molecule has 9 nitrogen and oxygen atoms in total. The number of hydrogen-bond donors (Lipinski definition) is 1. The number of hydrogen-bond acceptors (Lipinski definition) is 7. The second kappa shape index (κ2) is 47.1. The summed E-state index contributed by atoms with van der Waals surface area (Å²) in [6.45, 7) is 4.39. The molecule has 0 fully saturated rings. The van der Waals surface area contributed by atoms with Gasteiger partial charge < -0.3 is 18.9 Å². The van der Waals surface area contributed by atoms with Crippen molar-refractivity contribution in [3.8, 4) is 0 Å². The number of phosphoric acid groups is 1. The lowest BCUT2D eigenvalue weighted by atomic mass is 10.0. The third-order valence-electron chi connectivity index (χ3n) is 11.6. The number of ether oxygens (including phenoxy) is 2. The van der Waals surface area contributed by atoms with Crippen LogP contribution in [0.2, 0.25) is 0 Å². The van der Waals surface area contributed by atoms with Gasteiger partial charge in [-0.3, -0.25) is 18.6 Å². The van der Waals surface area contributed by atoms with Crippen LogP contribution in [0.4, 0.5) is 0 Å². The molecule has 0 aliphatic heterocycles. The minimum Gasteiger partial charge on any atom is -0.462 e. The number of rotatable bonds is 49. The van der Waals surface area contributed by atoms with E-state index in [2.05, 4.69) is 62.5 Å². The minimum absolute atomic E-state index is 0.0217. The predicted molar refractivity (Wildman–Crippen MR) is 275 cm³/mol. The van der Waals surface area contributed by atoms with Gasteiger partial charge >= 0.3 is 19.8 Å². The van der Waals surface area contributed by atoms with E-state index in [0.717, 1.165) is 44.9 Å². The van der Waals surface area contributed by atoms with Crippen LogP contribution in [-0.4, -0.2) is 74.9 Å². The Morgan fingerprint density at radius 2 is 0.846 bits per heavy atom. The molecule has 0 heterocycles. The molecule has 0 aromatic heterocycles. The maximum Gasteiger partial charge on any atom is 0.472 e. The highest BCUT2D eigenvalue weighted by Gasteiger charge is 2.27. The zero-order chi connectivity index (χ0) is 47.8. The molecule has 65 heavy (non-hydrogen) atoms. The van der Waals surface area contributed by atoms with Crippen LogP contribution in [0.1, 0.15) is 239 Å². The molecule has 0 rings (SSSR count). The lowest BCUT2D eigenvalue weighted by Crippen LogP contribution is -2.37. The van der Waals surface area contributed by atoms with Gasteiger partial charge in [0, 0.05) is 12.8 Å². The standard InChI is InChI=1S/C55H102NO8P/c1-6-8-10-12-14-16-18-20-22-24-26-28-30-32-34-36-38-40-42-44-46-48-55(58)64-53(52-63-65(59,60)62-50-49-56(3,4)5)51-61-54(57)47-45-43-41-39-37-35-33-31-29-27-25-23-21-19-17-15-13-11-9-7-2/h22,24,28,30,34,36,40,42,53H,6-21,23,25-27,29,31-33,35,37-39,41,43-52H2,1-5H3/p+1/b24-22+,30-28+,36-34+,42-40+/t53-/m1/s1. The lowest BCUT2D eigenvalue weighted by Gasteiger charge is -2.24. The Morgan fingerprint density at radius 1 is 0.477 bits per heavy atom. The normalized spacial score (nSPS) is 13.8. The number of unbranched alkanes of at least 4 members (excludes halogenated alkanes) is 27. The van der Waals surface area contributed by atoms with Gasteiger partial charge in [0.25, 0.3) is 0 Å². The van der Waals surface area contributed by atoms with Gasteiger partial charge in [0.1, 0.15) is 19.8 Å². The van der Waals surface area contributed by atoms with E-state index >= 15 is 0 Å². The topological polar surface area (TPSA) is 108 Å². The number of carbonyl (C=O) groups excluding carboxylic acids is 2. The van der Waals surface area contributed by atoms with Crippen LogP contribution in [0.5, 0.6) is 0 Å². The van der Waals surface area contributed by atoms with Crippen molar-refractivity contribution < 1.29 is 42.1 Å². The summed E-state index contributed by atoms with van der Waals surface area (Å²) < 4.78 is 34.4. The molecule has 0 aliphatic carbocycles. The van der Waals surface area contributed by atoms with E-state index in [0.29, 0.717) is 17.4 Å². The molecule has 0 saturated heterocycles. The average molecular weight is 937 g/mol. The Morgan fingerprint density at radius 3 is 1.28 bits per heavy atom. The van der Waals surface area contributed by atoms with E-state index in [1.54, 1.807) is 0 Å². The summed E-state index contributed by atoms with van der Waals surface area (Å²) in [6, 6.07) is 0. The SMILES string of the molecule is CCCCCCCCC/C=C/C/C=C/C/C=C/C/C=C/CCCC(=O)O[C@H](COC(=O)CCCCCCCCCCCCCCCCCCCCCC)COP(=O)(O)OCC[N+](C)(C)C. The van der Waals surface area contributed by atoms with Crippen molar-refractivity contribution in [2.75, 3.05) is 47.5 Å². The number of quaternary nitrogens is 1. The monoisotopic (exact) mass is 937 g/mol. The van der Waals surface area contributed by atoms with Gasteiger partial charge in [-0.15, -0.1) is 0 Å². The van der Waals surface area contributed by atoms with E-state index in [1.165, 1.54) is 161 Å². The van der Waals surface area contributed by atoms with E-state index in [4.69, 9.17) is 18.5 Å². The second-order valence-corrected chi connectivity index (χ2v) is 20.7. The van der Waals surface area contributed by atoms with Crippen molar-refractivity contribution in [2.45, 2.75) is 245 Å². The molecule has 0 aromatic rings. The van der Waals surface area contributed by atoms with Crippen molar-refractivity contribution in [1.82, 2.24) is 0 Å². The number of phosphoric ester groups is 1. The van der Waals surface area contributed by atoms with Crippen molar-refractivity contribution in [2.24, 2.45) is 0 Å². The smallest absolute Gasteiger partial charge is 0.462 e. The third kappa shape index (κ3) is 51.2. The van der Waals surface area contributed by atoms with E-state index in [1.807, 2.05) is 21.1 Å². The molecule has 380 valence electrons. The lowest BCUT2D eigenvalue weighted by molar-refractivity contribution is -0.870. The van der Waals surface area contributed by atoms with Crippen LogP contribution in [0.3, 0.4) is 0 Å². The first-order chi connectivity index (χ1) is 31.5. The zero-order valence-electron chi connectivity index (χ0n) is 43.0. The van der Waals surface area contributed by atoms with Gasteiger partial charge in [-0.25, -0.2) is 4.57 Å². The Hall–Kier alpha value is -2.03. The molecular formula is C55H103NO8P+. The molecule has 0 aromatic carbocycles.